The van der Waals surface area contributed by atoms with Crippen molar-refractivity contribution < 1.29 is 27.8 Å². The number of carbonyl (C=O) groups excluding carboxylic acids is 1. The summed E-state index contributed by atoms with van der Waals surface area (Å²) in [4.78, 5) is 24.3. The largest absolute Gasteiger partial charge is 0.481 e. The maximum atomic E-state index is 14.8. The number of pyridine rings is 3. The average Bonchev–Trinajstić information content (AvgIpc) is 2.92. The molecule has 1 saturated carbocycles. The molecule has 0 spiro atoms. The minimum atomic E-state index is -0.466. The van der Waals surface area contributed by atoms with Gasteiger partial charge in [-0.2, -0.15) is 0 Å². The van der Waals surface area contributed by atoms with Gasteiger partial charge in [-0.05, 0) is 44.6 Å². The molecule has 0 radical (unpaired) electrons. The van der Waals surface area contributed by atoms with E-state index < -0.39 is 11.8 Å². The molecule has 2 N–H and O–H groups in total. The van der Waals surface area contributed by atoms with Gasteiger partial charge in [-0.3, -0.25) is 4.98 Å². The standard InChI is InChI=1S/C26H27F2N5O4/c1-35-21-3-2-18-23(33-21)15(17(28)11-29-18)4-5-26-8-6-25(7-9-26,14-36-26)31-12-20-16(27)10-19-24(32-20)37-22(34)13-30-19/h2-3,10-11,30-31H,4-9,12-14H2,1H3. The number of esters is 1. The van der Waals surface area contributed by atoms with Crippen LogP contribution in [0.1, 0.15) is 43.4 Å². The molecule has 3 aliphatic heterocycles. The van der Waals surface area contributed by atoms with Crippen LogP contribution in [0.5, 0.6) is 11.8 Å². The molecule has 2 saturated heterocycles. The summed E-state index contributed by atoms with van der Waals surface area (Å²) < 4.78 is 46.1. The number of carbonyl (C=O) groups is 1. The van der Waals surface area contributed by atoms with Gasteiger partial charge in [-0.15, -0.1) is 0 Å². The molecular weight excluding hydrogens is 484 g/mol. The minimum absolute atomic E-state index is 0.0113. The molecule has 11 heteroatoms. The van der Waals surface area contributed by atoms with Gasteiger partial charge >= 0.3 is 5.97 Å². The van der Waals surface area contributed by atoms with Crippen LogP contribution >= 0.6 is 0 Å². The van der Waals surface area contributed by atoms with Crippen LogP contribution < -0.4 is 20.1 Å². The SMILES string of the molecule is COc1ccc2ncc(F)c(CCC34CCC(NCc5nc6c(cc5F)NCC(=O)O6)(CC3)CO4)c2n1. The molecule has 4 aliphatic rings. The lowest BCUT2D eigenvalue weighted by Crippen LogP contribution is -2.61. The van der Waals surface area contributed by atoms with Crippen molar-refractivity contribution in [2.75, 3.05) is 25.6 Å². The van der Waals surface area contributed by atoms with Crippen molar-refractivity contribution in [3.63, 3.8) is 0 Å². The fourth-order valence-electron chi connectivity index (χ4n) is 5.51. The van der Waals surface area contributed by atoms with Crippen molar-refractivity contribution in [2.24, 2.45) is 0 Å². The summed E-state index contributed by atoms with van der Waals surface area (Å²) in [6.07, 6.45) is 5.70. The van der Waals surface area contributed by atoms with Crippen molar-refractivity contribution in [3.8, 4) is 11.8 Å². The molecule has 2 bridgehead atoms. The van der Waals surface area contributed by atoms with Gasteiger partial charge in [-0.25, -0.2) is 23.5 Å². The van der Waals surface area contributed by atoms with Crippen LogP contribution in [0.4, 0.5) is 14.5 Å². The second kappa shape index (κ2) is 9.14. The van der Waals surface area contributed by atoms with Crippen molar-refractivity contribution in [1.29, 1.82) is 0 Å². The zero-order valence-corrected chi connectivity index (χ0v) is 20.4. The number of fused-ring (bicyclic) bond motifs is 5. The molecule has 0 atom stereocenters. The molecule has 194 valence electrons. The molecule has 3 fully saturated rings. The number of rotatable bonds is 7. The van der Waals surface area contributed by atoms with Gasteiger partial charge < -0.3 is 24.8 Å². The summed E-state index contributed by atoms with van der Waals surface area (Å²) in [5.74, 6) is -0.791. The van der Waals surface area contributed by atoms with Crippen LogP contribution in [0.2, 0.25) is 0 Å². The first-order chi connectivity index (χ1) is 17.9. The van der Waals surface area contributed by atoms with Gasteiger partial charge in [0.2, 0.25) is 11.8 Å². The van der Waals surface area contributed by atoms with Gasteiger partial charge in [-0.1, -0.05) is 0 Å². The number of ether oxygens (including phenoxy) is 3. The van der Waals surface area contributed by atoms with E-state index >= 15 is 0 Å². The smallest absolute Gasteiger partial charge is 0.332 e. The summed E-state index contributed by atoms with van der Waals surface area (Å²) in [5.41, 5.74) is 1.60. The van der Waals surface area contributed by atoms with Crippen molar-refractivity contribution in [1.82, 2.24) is 20.3 Å². The summed E-state index contributed by atoms with van der Waals surface area (Å²) in [7, 11) is 1.53. The first kappa shape index (κ1) is 23.9. The highest BCUT2D eigenvalue weighted by Gasteiger charge is 2.49. The molecule has 9 nitrogen and oxygen atoms in total. The average molecular weight is 512 g/mol. The Morgan fingerprint density at radius 1 is 1.16 bits per heavy atom. The third-order valence-corrected chi connectivity index (χ3v) is 7.83. The zero-order chi connectivity index (χ0) is 25.6. The third-order valence-electron chi connectivity index (χ3n) is 7.83. The lowest BCUT2D eigenvalue weighted by molar-refractivity contribution is -0.165. The van der Waals surface area contributed by atoms with E-state index in [4.69, 9.17) is 14.2 Å². The van der Waals surface area contributed by atoms with Crippen LogP contribution in [-0.2, 0) is 22.5 Å². The Balaban J connectivity index is 1.11. The fourth-order valence-corrected chi connectivity index (χ4v) is 5.51. The maximum Gasteiger partial charge on any atom is 0.332 e. The van der Waals surface area contributed by atoms with Crippen LogP contribution in [-0.4, -0.2) is 52.3 Å². The molecule has 37 heavy (non-hydrogen) atoms. The second-order valence-electron chi connectivity index (χ2n) is 10.0. The van der Waals surface area contributed by atoms with Gasteiger partial charge in [0.15, 0.2) is 0 Å². The predicted molar refractivity (Wildman–Crippen MR) is 129 cm³/mol. The number of anilines is 1. The zero-order valence-electron chi connectivity index (χ0n) is 20.4. The number of nitrogens with one attached hydrogen (secondary N) is 2. The highest BCUT2D eigenvalue weighted by molar-refractivity contribution is 5.82. The quantitative estimate of drug-likeness (QED) is 0.461. The number of hydrogen-bond donors (Lipinski definition) is 2. The fraction of sp³-hybridized carbons (Fsp3) is 0.462. The molecule has 6 heterocycles. The number of aryl methyl sites for hydroxylation is 1. The molecular formula is C26H27F2N5O4. The normalized spacial score (nSPS) is 24.5. The highest BCUT2D eigenvalue weighted by Crippen LogP contribution is 2.46. The Bertz CT molecular complexity index is 1360. The summed E-state index contributed by atoms with van der Waals surface area (Å²) in [5, 5.41) is 6.26. The highest BCUT2D eigenvalue weighted by atomic mass is 19.1. The van der Waals surface area contributed by atoms with E-state index in [9.17, 15) is 13.6 Å². The Kier molecular flexibility index (Phi) is 5.91. The van der Waals surface area contributed by atoms with Crippen LogP contribution in [0.3, 0.4) is 0 Å². The second-order valence-corrected chi connectivity index (χ2v) is 10.0. The molecule has 7 rings (SSSR count). The van der Waals surface area contributed by atoms with Gasteiger partial charge in [0.1, 0.15) is 23.9 Å². The van der Waals surface area contributed by atoms with E-state index in [0.29, 0.717) is 47.6 Å². The van der Waals surface area contributed by atoms with Crippen molar-refractivity contribution in [2.45, 2.75) is 56.2 Å². The lowest BCUT2D eigenvalue weighted by Gasteiger charge is -2.53. The number of halogens is 2. The molecule has 0 unspecified atom stereocenters. The summed E-state index contributed by atoms with van der Waals surface area (Å²) in [6.45, 7) is 0.652. The Labute approximate surface area is 211 Å². The van der Waals surface area contributed by atoms with Crippen LogP contribution in [0.15, 0.2) is 24.4 Å². The first-order valence-electron chi connectivity index (χ1n) is 12.4. The van der Waals surface area contributed by atoms with Crippen LogP contribution in [0, 0.1) is 11.6 Å². The van der Waals surface area contributed by atoms with E-state index in [1.165, 1.54) is 19.4 Å². The lowest BCUT2D eigenvalue weighted by atomic mass is 9.69. The monoisotopic (exact) mass is 511 g/mol. The topological polar surface area (TPSA) is 107 Å². The molecule has 0 amide bonds. The summed E-state index contributed by atoms with van der Waals surface area (Å²) in [6, 6.07) is 4.79. The van der Waals surface area contributed by atoms with Crippen molar-refractivity contribution >= 4 is 22.7 Å². The third kappa shape index (κ3) is 4.46. The Morgan fingerprint density at radius 3 is 2.76 bits per heavy atom. The van der Waals surface area contributed by atoms with E-state index in [0.717, 1.165) is 25.7 Å². The van der Waals surface area contributed by atoms with E-state index in [1.54, 1.807) is 12.1 Å². The van der Waals surface area contributed by atoms with Crippen LogP contribution in [0.25, 0.3) is 11.0 Å². The number of nitrogens with zero attached hydrogens (tertiary/aromatic N) is 3. The van der Waals surface area contributed by atoms with E-state index in [1.807, 2.05) is 0 Å². The maximum absolute atomic E-state index is 14.8. The Hall–Kier alpha value is -3.44. The molecule has 1 aliphatic carbocycles. The van der Waals surface area contributed by atoms with E-state index in [2.05, 4.69) is 25.6 Å². The van der Waals surface area contributed by atoms with Crippen molar-refractivity contribution in [3.05, 3.63) is 47.3 Å². The van der Waals surface area contributed by atoms with Gasteiger partial charge in [0, 0.05) is 29.8 Å². The molecule has 3 aromatic rings. The summed E-state index contributed by atoms with van der Waals surface area (Å²) >= 11 is 0. The van der Waals surface area contributed by atoms with Gasteiger partial charge in [0.05, 0.1) is 42.2 Å². The van der Waals surface area contributed by atoms with Gasteiger partial charge in [0.25, 0.3) is 0 Å². The number of methoxy groups -OCH3 is 1. The number of aromatic nitrogens is 3. The van der Waals surface area contributed by atoms with E-state index in [-0.39, 0.29) is 41.6 Å². The number of hydrogen-bond acceptors (Lipinski definition) is 9. The minimum Gasteiger partial charge on any atom is -0.481 e. The predicted octanol–water partition coefficient (Wildman–Crippen LogP) is 3.45. The molecule has 0 aromatic carbocycles. The molecule has 3 aromatic heterocycles. The Morgan fingerprint density at radius 2 is 2.00 bits per heavy atom. The first-order valence-corrected chi connectivity index (χ1v) is 12.4.